The summed E-state index contributed by atoms with van der Waals surface area (Å²) >= 11 is 1.60. The van der Waals surface area contributed by atoms with Gasteiger partial charge in [0.1, 0.15) is 5.60 Å². The summed E-state index contributed by atoms with van der Waals surface area (Å²) in [4.78, 5) is 19.3. The first-order chi connectivity index (χ1) is 10.5. The second-order valence-electron chi connectivity index (χ2n) is 6.63. The molecule has 1 saturated heterocycles. The molecular formula is C16H26N2O3S. The Kier molecular flexibility index (Phi) is 6.20. The molecule has 2 rings (SSSR count). The minimum Gasteiger partial charge on any atom is -0.444 e. The van der Waals surface area contributed by atoms with E-state index in [0.29, 0.717) is 13.2 Å². The monoisotopic (exact) mass is 326 g/mol. The lowest BCUT2D eigenvalue weighted by Gasteiger charge is -2.36. The molecule has 2 heterocycles. The Hall–Kier alpha value is -1.14. The predicted octanol–water partition coefficient (Wildman–Crippen LogP) is 3.84. The summed E-state index contributed by atoms with van der Waals surface area (Å²) in [6, 6.07) is 0.227. The van der Waals surface area contributed by atoms with Crippen molar-refractivity contribution in [2.75, 3.05) is 13.2 Å². The fraction of sp³-hybridized carbons (Fsp3) is 0.750. The molecule has 1 aromatic rings. The molecule has 0 unspecified atom stereocenters. The quantitative estimate of drug-likeness (QED) is 0.772. The Bertz CT molecular complexity index is 456. The zero-order valence-corrected chi connectivity index (χ0v) is 14.5. The fourth-order valence-electron chi connectivity index (χ4n) is 2.57. The number of hydrogen-bond acceptors (Lipinski definition) is 5. The first-order valence-electron chi connectivity index (χ1n) is 7.90. The zero-order valence-electron chi connectivity index (χ0n) is 13.7. The molecule has 0 aromatic carbocycles. The first kappa shape index (κ1) is 17.2. The van der Waals surface area contributed by atoms with Crippen molar-refractivity contribution >= 4 is 17.4 Å². The lowest BCUT2D eigenvalue weighted by atomic mass is 10.0. The van der Waals surface area contributed by atoms with E-state index in [9.17, 15) is 4.79 Å². The Labute approximate surface area is 136 Å². The average molecular weight is 326 g/mol. The highest BCUT2D eigenvalue weighted by molar-refractivity contribution is 7.09. The second-order valence-corrected chi connectivity index (χ2v) is 7.60. The molecule has 6 heteroatoms. The fourth-order valence-corrected chi connectivity index (χ4v) is 3.10. The van der Waals surface area contributed by atoms with Crippen LogP contribution in [0.5, 0.6) is 0 Å². The molecule has 0 N–H and O–H groups in total. The van der Waals surface area contributed by atoms with E-state index in [-0.39, 0.29) is 12.1 Å². The number of carbonyl (C=O) groups excluding carboxylic acids is 1. The van der Waals surface area contributed by atoms with Gasteiger partial charge in [0.15, 0.2) is 0 Å². The van der Waals surface area contributed by atoms with Crippen LogP contribution in [0.15, 0.2) is 11.7 Å². The number of ether oxygens (including phenoxy) is 2. The summed E-state index contributed by atoms with van der Waals surface area (Å²) in [5.74, 6) is 0. The number of hydrogen-bond donors (Lipinski definition) is 0. The van der Waals surface area contributed by atoms with Crippen LogP contribution in [0, 0.1) is 0 Å². The molecule has 1 aromatic heterocycles. The van der Waals surface area contributed by atoms with Crippen LogP contribution in [0.4, 0.5) is 4.79 Å². The first-order valence-corrected chi connectivity index (χ1v) is 8.78. The maximum Gasteiger partial charge on any atom is 0.410 e. The average Bonchev–Trinajstić information content (AvgIpc) is 2.95. The summed E-state index contributed by atoms with van der Waals surface area (Å²) in [5.41, 5.74) is 1.37. The van der Waals surface area contributed by atoms with Crippen molar-refractivity contribution in [2.45, 2.75) is 64.7 Å². The van der Waals surface area contributed by atoms with Gasteiger partial charge in [0.2, 0.25) is 0 Å². The van der Waals surface area contributed by atoms with Gasteiger partial charge in [0, 0.05) is 25.4 Å². The van der Waals surface area contributed by atoms with E-state index >= 15 is 0 Å². The van der Waals surface area contributed by atoms with E-state index in [1.54, 1.807) is 11.3 Å². The summed E-state index contributed by atoms with van der Waals surface area (Å²) in [6.45, 7) is 7.76. The second kappa shape index (κ2) is 7.92. The van der Waals surface area contributed by atoms with Crippen molar-refractivity contribution in [3.05, 3.63) is 16.6 Å². The molecule has 1 aliphatic heterocycles. The van der Waals surface area contributed by atoms with Crippen LogP contribution >= 0.6 is 11.3 Å². The minimum atomic E-state index is -0.443. The number of aromatic nitrogens is 1. The summed E-state index contributed by atoms with van der Waals surface area (Å²) in [6.07, 6.45) is 5.75. The van der Waals surface area contributed by atoms with Crippen LogP contribution in [-0.2, 0) is 16.1 Å². The number of nitrogens with zero attached hydrogens (tertiary/aromatic N) is 2. The normalized spacial score (nSPS) is 19.2. The van der Waals surface area contributed by atoms with Gasteiger partial charge in [-0.05, 0) is 46.5 Å². The SMILES string of the molecule is CC(C)(C)OC(=O)N1CCCC[C@H]1CCOCc1cncs1. The molecule has 1 atom stereocenters. The van der Waals surface area contributed by atoms with Gasteiger partial charge < -0.3 is 14.4 Å². The van der Waals surface area contributed by atoms with Crippen molar-refractivity contribution in [1.82, 2.24) is 9.88 Å². The van der Waals surface area contributed by atoms with Crippen LogP contribution in [-0.4, -0.2) is 40.8 Å². The van der Waals surface area contributed by atoms with Gasteiger partial charge in [-0.3, -0.25) is 4.98 Å². The standard InChI is InChI=1S/C16H26N2O3S/c1-16(2,3)21-15(19)18-8-5-4-6-13(18)7-9-20-11-14-10-17-12-22-14/h10,12-13H,4-9,11H2,1-3H3/t13-/m0/s1. The van der Waals surface area contributed by atoms with Crippen molar-refractivity contribution in [3.63, 3.8) is 0 Å². The molecular weight excluding hydrogens is 300 g/mol. The summed E-state index contributed by atoms with van der Waals surface area (Å²) in [7, 11) is 0. The third-order valence-corrected chi connectivity index (χ3v) is 4.33. The zero-order chi connectivity index (χ0) is 16.0. The van der Waals surface area contributed by atoms with Gasteiger partial charge in [0.25, 0.3) is 0 Å². The van der Waals surface area contributed by atoms with E-state index in [1.807, 2.05) is 37.4 Å². The van der Waals surface area contributed by atoms with Crippen LogP contribution in [0.3, 0.4) is 0 Å². The van der Waals surface area contributed by atoms with E-state index in [0.717, 1.165) is 30.7 Å². The van der Waals surface area contributed by atoms with Crippen LogP contribution < -0.4 is 0 Å². The predicted molar refractivity (Wildman–Crippen MR) is 87.0 cm³/mol. The topological polar surface area (TPSA) is 51.7 Å². The largest absolute Gasteiger partial charge is 0.444 e. The van der Waals surface area contributed by atoms with E-state index in [4.69, 9.17) is 9.47 Å². The molecule has 1 fully saturated rings. The number of likely N-dealkylation sites (tertiary alicyclic amines) is 1. The van der Waals surface area contributed by atoms with E-state index < -0.39 is 5.60 Å². The smallest absolute Gasteiger partial charge is 0.410 e. The molecule has 0 radical (unpaired) electrons. The van der Waals surface area contributed by atoms with Gasteiger partial charge in [0.05, 0.1) is 17.0 Å². The Morgan fingerprint density at radius 3 is 2.95 bits per heavy atom. The number of carbonyl (C=O) groups is 1. The maximum absolute atomic E-state index is 12.3. The molecule has 1 amide bonds. The van der Waals surface area contributed by atoms with Gasteiger partial charge in [-0.2, -0.15) is 0 Å². The van der Waals surface area contributed by atoms with Crippen molar-refractivity contribution in [3.8, 4) is 0 Å². The highest BCUT2D eigenvalue weighted by atomic mass is 32.1. The molecule has 1 aliphatic rings. The van der Waals surface area contributed by atoms with Crippen LogP contribution in [0.1, 0.15) is 51.3 Å². The van der Waals surface area contributed by atoms with Gasteiger partial charge >= 0.3 is 6.09 Å². The van der Waals surface area contributed by atoms with Crippen molar-refractivity contribution < 1.29 is 14.3 Å². The number of amides is 1. The van der Waals surface area contributed by atoms with E-state index in [2.05, 4.69) is 4.98 Å². The van der Waals surface area contributed by atoms with Gasteiger partial charge in [-0.15, -0.1) is 11.3 Å². The maximum atomic E-state index is 12.3. The molecule has 22 heavy (non-hydrogen) atoms. The molecule has 124 valence electrons. The summed E-state index contributed by atoms with van der Waals surface area (Å²) < 4.78 is 11.2. The minimum absolute atomic E-state index is 0.195. The van der Waals surface area contributed by atoms with Crippen LogP contribution in [0.25, 0.3) is 0 Å². The molecule has 5 nitrogen and oxygen atoms in total. The lowest BCUT2D eigenvalue weighted by molar-refractivity contribution is 0.00387. The molecule has 0 aliphatic carbocycles. The van der Waals surface area contributed by atoms with Crippen LogP contribution in [0.2, 0.25) is 0 Å². The Morgan fingerprint density at radius 1 is 1.45 bits per heavy atom. The highest BCUT2D eigenvalue weighted by Gasteiger charge is 2.30. The van der Waals surface area contributed by atoms with Gasteiger partial charge in [-0.1, -0.05) is 0 Å². The molecule has 0 saturated carbocycles. The van der Waals surface area contributed by atoms with E-state index in [1.165, 1.54) is 6.42 Å². The Morgan fingerprint density at radius 2 is 2.27 bits per heavy atom. The highest BCUT2D eigenvalue weighted by Crippen LogP contribution is 2.22. The third-order valence-electron chi connectivity index (χ3n) is 3.58. The Balaban J connectivity index is 1.77. The van der Waals surface area contributed by atoms with Gasteiger partial charge in [-0.25, -0.2) is 4.79 Å². The molecule has 0 bridgehead atoms. The number of thiazole rings is 1. The number of rotatable bonds is 5. The number of piperidine rings is 1. The van der Waals surface area contributed by atoms with Crippen molar-refractivity contribution in [2.24, 2.45) is 0 Å². The van der Waals surface area contributed by atoms with Crippen molar-refractivity contribution in [1.29, 1.82) is 0 Å². The molecule has 0 spiro atoms. The lowest BCUT2D eigenvalue weighted by Crippen LogP contribution is -2.46. The summed E-state index contributed by atoms with van der Waals surface area (Å²) in [5, 5.41) is 0. The third kappa shape index (κ3) is 5.57.